The third kappa shape index (κ3) is 4.16. The Kier molecular flexibility index (Phi) is 4.97. The molecule has 0 atom stereocenters. The second-order valence-corrected chi connectivity index (χ2v) is 5.44. The van der Waals surface area contributed by atoms with Gasteiger partial charge in [0.05, 0.1) is 6.21 Å². The molecule has 0 radical (unpaired) electrons. The largest absolute Gasteiger partial charge is 0.479 e. The number of ether oxygens (including phenoxy) is 1. The first-order valence-electron chi connectivity index (χ1n) is 7.28. The van der Waals surface area contributed by atoms with E-state index >= 15 is 0 Å². The van der Waals surface area contributed by atoms with Crippen LogP contribution in [0.2, 0.25) is 5.02 Å². The second kappa shape index (κ2) is 7.51. The monoisotopic (exact) mass is 353 g/mol. The van der Waals surface area contributed by atoms with E-state index in [4.69, 9.17) is 26.0 Å². The highest BCUT2D eigenvalue weighted by atomic mass is 35.5. The molecule has 0 saturated heterocycles. The summed E-state index contributed by atoms with van der Waals surface area (Å²) in [4.78, 5) is 12.1. The number of nitrogens with zero attached hydrogens (tertiary/aromatic N) is 2. The summed E-state index contributed by atoms with van der Waals surface area (Å²) >= 11 is 5.91. The molecule has 25 heavy (non-hydrogen) atoms. The van der Waals surface area contributed by atoms with Crippen molar-refractivity contribution in [3.05, 3.63) is 64.9 Å². The normalized spacial score (nSPS) is 10.7. The van der Waals surface area contributed by atoms with Crippen molar-refractivity contribution in [3.63, 3.8) is 0 Å². The van der Waals surface area contributed by atoms with Gasteiger partial charge in [-0.1, -0.05) is 11.6 Å². The number of nitriles is 1. The second-order valence-electron chi connectivity index (χ2n) is 5.01. The molecule has 3 aromatic rings. The number of carbonyl (C=O) groups is 1. The van der Waals surface area contributed by atoms with Crippen molar-refractivity contribution in [3.8, 4) is 11.8 Å². The van der Waals surface area contributed by atoms with Crippen molar-refractivity contribution >= 4 is 34.7 Å². The summed E-state index contributed by atoms with van der Waals surface area (Å²) in [5.41, 5.74) is 3.74. The molecule has 0 aliphatic rings. The third-order valence-electron chi connectivity index (χ3n) is 3.27. The Balaban J connectivity index is 1.62. The number of amides is 1. The van der Waals surface area contributed by atoms with Crippen LogP contribution in [0.15, 0.2) is 58.0 Å². The van der Waals surface area contributed by atoms with E-state index < -0.39 is 5.91 Å². The van der Waals surface area contributed by atoms with Gasteiger partial charge in [0.1, 0.15) is 17.4 Å². The molecule has 1 amide bonds. The molecular weight excluding hydrogens is 342 g/mol. The van der Waals surface area contributed by atoms with Crippen LogP contribution in [0.25, 0.3) is 11.0 Å². The fourth-order valence-electron chi connectivity index (χ4n) is 2.11. The lowest BCUT2D eigenvalue weighted by Crippen LogP contribution is -2.16. The molecule has 0 unspecified atom stereocenters. The fourth-order valence-corrected chi connectivity index (χ4v) is 2.29. The van der Waals surface area contributed by atoms with Crippen LogP contribution in [0.3, 0.4) is 0 Å². The lowest BCUT2D eigenvalue weighted by atomic mass is 10.2. The fraction of sp³-hybridized carbons (Fsp3) is 0.0556. The molecule has 0 bridgehead atoms. The van der Waals surface area contributed by atoms with E-state index in [0.29, 0.717) is 16.4 Å². The van der Waals surface area contributed by atoms with Gasteiger partial charge < -0.3 is 9.15 Å². The summed E-state index contributed by atoms with van der Waals surface area (Å²) in [5, 5.41) is 13.7. The Morgan fingerprint density at radius 1 is 1.28 bits per heavy atom. The lowest BCUT2D eigenvalue weighted by molar-refractivity contribution is 0.0929. The summed E-state index contributed by atoms with van der Waals surface area (Å²) in [6.07, 6.45) is 1.49. The van der Waals surface area contributed by atoms with E-state index in [9.17, 15) is 4.79 Å². The first kappa shape index (κ1) is 16.6. The lowest BCUT2D eigenvalue weighted by Gasteiger charge is -2.01. The molecule has 0 spiro atoms. The van der Waals surface area contributed by atoms with Gasteiger partial charge in [0, 0.05) is 10.4 Å². The number of halogens is 1. The summed E-state index contributed by atoms with van der Waals surface area (Å²) in [6.45, 7) is -0.00773. The first-order chi connectivity index (χ1) is 12.2. The minimum absolute atomic E-state index is 0.00773. The Morgan fingerprint density at radius 3 is 2.84 bits per heavy atom. The van der Waals surface area contributed by atoms with Gasteiger partial charge in [0.25, 0.3) is 0 Å². The number of fused-ring (bicyclic) bond motifs is 1. The van der Waals surface area contributed by atoms with Gasteiger partial charge in [-0.2, -0.15) is 10.4 Å². The Bertz CT molecular complexity index is 971. The number of rotatable bonds is 5. The molecule has 0 aliphatic carbocycles. The third-order valence-corrected chi connectivity index (χ3v) is 3.50. The predicted molar refractivity (Wildman–Crippen MR) is 93.8 cm³/mol. The Labute approximate surface area is 148 Å². The molecule has 7 heteroatoms. The van der Waals surface area contributed by atoms with Gasteiger partial charge >= 0.3 is 5.91 Å². The van der Waals surface area contributed by atoms with Crippen molar-refractivity contribution in [2.24, 2.45) is 5.10 Å². The van der Waals surface area contributed by atoms with Crippen molar-refractivity contribution in [1.82, 2.24) is 5.43 Å². The zero-order valence-electron chi connectivity index (χ0n) is 12.9. The molecule has 1 heterocycles. The summed E-state index contributed by atoms with van der Waals surface area (Å²) in [7, 11) is 0. The van der Waals surface area contributed by atoms with Crippen LogP contribution in [-0.4, -0.2) is 18.7 Å². The van der Waals surface area contributed by atoms with Gasteiger partial charge in [0.15, 0.2) is 12.4 Å². The standard InChI is InChI=1S/C18H12ClN3O3/c19-14-3-6-16-13(9-14)10-17(25-16)18(23)22-21-11-12-1-4-15(5-2-12)24-8-7-20/h1-6,9-11H,8H2,(H,22,23). The van der Waals surface area contributed by atoms with E-state index in [0.717, 1.165) is 10.9 Å². The van der Waals surface area contributed by atoms with Crippen LogP contribution in [0.1, 0.15) is 16.1 Å². The Morgan fingerprint density at radius 2 is 2.08 bits per heavy atom. The number of hydrazone groups is 1. The molecule has 0 saturated carbocycles. The summed E-state index contributed by atoms with van der Waals surface area (Å²) in [6, 6.07) is 15.5. The summed E-state index contributed by atoms with van der Waals surface area (Å²) < 4.78 is 10.6. The van der Waals surface area contributed by atoms with Gasteiger partial charge in [-0.3, -0.25) is 4.79 Å². The average molecular weight is 354 g/mol. The number of nitrogens with one attached hydrogen (secondary N) is 1. The maximum absolute atomic E-state index is 12.1. The van der Waals surface area contributed by atoms with Gasteiger partial charge in [0.2, 0.25) is 0 Å². The molecular formula is C18H12ClN3O3. The van der Waals surface area contributed by atoms with Gasteiger partial charge in [-0.15, -0.1) is 0 Å². The zero-order valence-corrected chi connectivity index (χ0v) is 13.7. The molecule has 1 aromatic heterocycles. The number of furan rings is 1. The molecule has 6 nitrogen and oxygen atoms in total. The van der Waals surface area contributed by atoms with E-state index in [2.05, 4.69) is 10.5 Å². The van der Waals surface area contributed by atoms with Crippen LogP contribution < -0.4 is 10.2 Å². The van der Waals surface area contributed by atoms with Crippen LogP contribution in [0.4, 0.5) is 0 Å². The van der Waals surface area contributed by atoms with E-state index in [1.807, 2.05) is 6.07 Å². The van der Waals surface area contributed by atoms with Crippen molar-refractivity contribution < 1.29 is 13.9 Å². The quantitative estimate of drug-likeness (QED) is 0.559. The minimum atomic E-state index is -0.461. The van der Waals surface area contributed by atoms with E-state index in [1.54, 1.807) is 48.5 Å². The maximum atomic E-state index is 12.1. The van der Waals surface area contributed by atoms with Gasteiger partial charge in [-0.25, -0.2) is 5.43 Å². The smallest absolute Gasteiger partial charge is 0.307 e. The van der Waals surface area contributed by atoms with Crippen molar-refractivity contribution in [2.45, 2.75) is 0 Å². The average Bonchev–Trinajstić information content (AvgIpc) is 3.04. The first-order valence-corrected chi connectivity index (χ1v) is 7.66. The highest BCUT2D eigenvalue weighted by Gasteiger charge is 2.11. The molecule has 124 valence electrons. The topological polar surface area (TPSA) is 87.6 Å². The number of carbonyl (C=O) groups excluding carboxylic acids is 1. The van der Waals surface area contributed by atoms with Crippen LogP contribution in [-0.2, 0) is 0 Å². The number of hydrogen-bond donors (Lipinski definition) is 1. The molecule has 2 aromatic carbocycles. The molecule has 1 N–H and O–H groups in total. The zero-order chi connectivity index (χ0) is 17.6. The molecule has 0 fully saturated rings. The number of benzene rings is 2. The predicted octanol–water partition coefficient (Wildman–Crippen LogP) is 3.75. The highest BCUT2D eigenvalue weighted by Crippen LogP contribution is 2.22. The Hall–Kier alpha value is -3.30. The van der Waals surface area contributed by atoms with Gasteiger partial charge in [-0.05, 0) is 54.1 Å². The highest BCUT2D eigenvalue weighted by molar-refractivity contribution is 6.31. The van der Waals surface area contributed by atoms with E-state index in [-0.39, 0.29) is 12.4 Å². The number of hydrogen-bond acceptors (Lipinski definition) is 5. The van der Waals surface area contributed by atoms with Crippen LogP contribution in [0.5, 0.6) is 5.75 Å². The minimum Gasteiger partial charge on any atom is -0.479 e. The van der Waals surface area contributed by atoms with E-state index in [1.165, 1.54) is 6.21 Å². The maximum Gasteiger partial charge on any atom is 0.307 e. The summed E-state index contributed by atoms with van der Waals surface area (Å²) in [5.74, 6) is 0.274. The van der Waals surface area contributed by atoms with Crippen LogP contribution in [0, 0.1) is 11.3 Å². The SMILES string of the molecule is N#CCOc1ccc(C=NNC(=O)c2cc3cc(Cl)ccc3o2)cc1. The van der Waals surface area contributed by atoms with Crippen molar-refractivity contribution in [2.75, 3.05) is 6.61 Å². The molecule has 0 aliphatic heterocycles. The van der Waals surface area contributed by atoms with Crippen molar-refractivity contribution in [1.29, 1.82) is 5.26 Å². The molecule has 3 rings (SSSR count). The van der Waals surface area contributed by atoms with Crippen LogP contribution >= 0.6 is 11.6 Å².